The highest BCUT2D eigenvalue weighted by atomic mass is 79.9. The quantitative estimate of drug-likeness (QED) is 0.667. The zero-order chi connectivity index (χ0) is 15.1. The molecule has 0 unspecified atom stereocenters. The predicted molar refractivity (Wildman–Crippen MR) is 86.6 cm³/mol. The van der Waals surface area contributed by atoms with Gasteiger partial charge in [0.05, 0.1) is 6.21 Å². The molecule has 2 aromatic carbocycles. The lowest BCUT2D eigenvalue weighted by atomic mass is 10.1. The number of hydrogen-bond donors (Lipinski definition) is 1. The number of benzene rings is 2. The SMILES string of the molecule is Cc1ccccc1/C=N\NC(=O)COc1ccc(Br)cc1. The number of hydrazone groups is 1. The van der Waals surface area contributed by atoms with E-state index in [1.54, 1.807) is 18.3 Å². The molecule has 0 heterocycles. The maximum atomic E-state index is 11.6. The number of nitrogens with one attached hydrogen (secondary N) is 1. The average molecular weight is 347 g/mol. The Balaban J connectivity index is 1.80. The molecule has 0 saturated heterocycles. The van der Waals surface area contributed by atoms with Gasteiger partial charge >= 0.3 is 0 Å². The summed E-state index contributed by atoms with van der Waals surface area (Å²) in [4.78, 5) is 11.6. The van der Waals surface area contributed by atoms with Crippen LogP contribution in [0.1, 0.15) is 11.1 Å². The van der Waals surface area contributed by atoms with Crippen molar-refractivity contribution < 1.29 is 9.53 Å². The van der Waals surface area contributed by atoms with Gasteiger partial charge in [-0.2, -0.15) is 5.10 Å². The van der Waals surface area contributed by atoms with E-state index in [-0.39, 0.29) is 12.5 Å². The fourth-order valence-corrected chi connectivity index (χ4v) is 1.88. The Morgan fingerprint density at radius 2 is 1.95 bits per heavy atom. The Labute approximate surface area is 132 Å². The Morgan fingerprint density at radius 3 is 2.67 bits per heavy atom. The van der Waals surface area contributed by atoms with Crippen LogP contribution in [0.4, 0.5) is 0 Å². The van der Waals surface area contributed by atoms with Crippen LogP contribution in [0.2, 0.25) is 0 Å². The molecule has 0 atom stereocenters. The molecule has 0 aliphatic heterocycles. The summed E-state index contributed by atoms with van der Waals surface area (Å²) < 4.78 is 6.30. The second-order valence-electron chi connectivity index (χ2n) is 4.39. The largest absolute Gasteiger partial charge is 0.484 e. The van der Waals surface area contributed by atoms with Crippen molar-refractivity contribution in [1.82, 2.24) is 5.43 Å². The lowest BCUT2D eigenvalue weighted by Gasteiger charge is -2.05. The van der Waals surface area contributed by atoms with Gasteiger partial charge in [-0.3, -0.25) is 4.79 Å². The third kappa shape index (κ3) is 5.04. The number of aryl methyl sites for hydroxylation is 1. The van der Waals surface area contributed by atoms with E-state index in [1.165, 1.54) is 0 Å². The van der Waals surface area contributed by atoms with Gasteiger partial charge in [0, 0.05) is 4.47 Å². The second-order valence-corrected chi connectivity index (χ2v) is 5.31. The van der Waals surface area contributed by atoms with Crippen LogP contribution >= 0.6 is 15.9 Å². The first-order chi connectivity index (χ1) is 10.1. The maximum absolute atomic E-state index is 11.6. The molecular weight excluding hydrogens is 332 g/mol. The Morgan fingerprint density at radius 1 is 1.24 bits per heavy atom. The predicted octanol–water partition coefficient (Wildman–Crippen LogP) is 3.29. The van der Waals surface area contributed by atoms with Crippen molar-refractivity contribution in [2.24, 2.45) is 5.10 Å². The molecule has 0 aliphatic rings. The van der Waals surface area contributed by atoms with Gasteiger partial charge in [-0.15, -0.1) is 0 Å². The van der Waals surface area contributed by atoms with E-state index in [0.717, 1.165) is 15.6 Å². The summed E-state index contributed by atoms with van der Waals surface area (Å²) in [7, 11) is 0. The van der Waals surface area contributed by atoms with Gasteiger partial charge in [0.25, 0.3) is 5.91 Å². The van der Waals surface area contributed by atoms with Crippen molar-refractivity contribution in [3.8, 4) is 5.75 Å². The molecule has 108 valence electrons. The molecule has 0 radical (unpaired) electrons. The first kappa shape index (κ1) is 15.3. The number of ether oxygens (including phenoxy) is 1. The van der Waals surface area contributed by atoms with Gasteiger partial charge < -0.3 is 4.74 Å². The molecule has 2 aromatic rings. The molecule has 1 amide bonds. The standard InChI is InChI=1S/C16H15BrN2O2/c1-12-4-2-3-5-13(12)10-18-19-16(20)11-21-15-8-6-14(17)7-9-15/h2-10H,11H2,1H3,(H,19,20)/b18-10-. The van der Waals surface area contributed by atoms with E-state index in [9.17, 15) is 4.79 Å². The molecule has 1 N–H and O–H groups in total. The van der Waals surface area contributed by atoms with Gasteiger partial charge in [0.15, 0.2) is 6.61 Å². The molecule has 0 saturated carbocycles. The second kappa shape index (κ2) is 7.59. The Bertz CT molecular complexity index is 639. The van der Waals surface area contributed by atoms with Crippen molar-refractivity contribution in [2.75, 3.05) is 6.61 Å². The summed E-state index contributed by atoms with van der Waals surface area (Å²) in [6.45, 7) is 1.91. The zero-order valence-corrected chi connectivity index (χ0v) is 13.1. The summed E-state index contributed by atoms with van der Waals surface area (Å²) in [6, 6.07) is 15.1. The fraction of sp³-hybridized carbons (Fsp3) is 0.125. The van der Waals surface area contributed by atoms with Crippen molar-refractivity contribution in [1.29, 1.82) is 0 Å². The number of carbonyl (C=O) groups is 1. The van der Waals surface area contributed by atoms with Gasteiger partial charge in [-0.05, 0) is 42.3 Å². The number of hydrogen-bond acceptors (Lipinski definition) is 3. The number of rotatable bonds is 5. The summed E-state index contributed by atoms with van der Waals surface area (Å²) in [5.41, 5.74) is 4.50. The molecule has 0 aliphatic carbocycles. The summed E-state index contributed by atoms with van der Waals surface area (Å²) >= 11 is 3.33. The molecule has 0 fully saturated rings. The third-order valence-electron chi connectivity index (χ3n) is 2.76. The first-order valence-electron chi connectivity index (χ1n) is 6.41. The van der Waals surface area contributed by atoms with Gasteiger partial charge in [-0.1, -0.05) is 40.2 Å². The monoisotopic (exact) mass is 346 g/mol. The zero-order valence-electron chi connectivity index (χ0n) is 11.5. The summed E-state index contributed by atoms with van der Waals surface area (Å²) in [5.74, 6) is 0.332. The van der Waals surface area contributed by atoms with Crippen LogP contribution in [-0.2, 0) is 4.79 Å². The van der Waals surface area contributed by atoms with E-state index < -0.39 is 0 Å². The van der Waals surface area contributed by atoms with E-state index in [4.69, 9.17) is 4.74 Å². The first-order valence-corrected chi connectivity index (χ1v) is 7.20. The van der Waals surface area contributed by atoms with E-state index in [2.05, 4.69) is 26.5 Å². The molecule has 0 spiro atoms. The molecule has 0 bridgehead atoms. The van der Waals surface area contributed by atoms with Crippen LogP contribution in [0.5, 0.6) is 5.75 Å². The number of carbonyl (C=O) groups excluding carboxylic acids is 1. The summed E-state index contributed by atoms with van der Waals surface area (Å²) in [6.07, 6.45) is 1.62. The van der Waals surface area contributed by atoms with Crippen LogP contribution < -0.4 is 10.2 Å². The normalized spacial score (nSPS) is 10.6. The van der Waals surface area contributed by atoms with E-state index in [0.29, 0.717) is 5.75 Å². The highest BCUT2D eigenvalue weighted by Crippen LogP contribution is 2.15. The average Bonchev–Trinajstić information content (AvgIpc) is 2.49. The maximum Gasteiger partial charge on any atom is 0.277 e. The Hall–Kier alpha value is -2.14. The lowest BCUT2D eigenvalue weighted by Crippen LogP contribution is -2.24. The minimum absolute atomic E-state index is 0.0766. The van der Waals surface area contributed by atoms with Crippen LogP contribution in [0.15, 0.2) is 58.1 Å². The fourth-order valence-electron chi connectivity index (χ4n) is 1.62. The van der Waals surface area contributed by atoms with Crippen LogP contribution in [0.25, 0.3) is 0 Å². The third-order valence-corrected chi connectivity index (χ3v) is 3.29. The lowest BCUT2D eigenvalue weighted by molar-refractivity contribution is -0.123. The minimum Gasteiger partial charge on any atom is -0.484 e. The molecule has 5 heteroatoms. The van der Waals surface area contributed by atoms with Crippen molar-refractivity contribution in [3.05, 3.63) is 64.1 Å². The van der Waals surface area contributed by atoms with Gasteiger partial charge in [0.1, 0.15) is 5.75 Å². The number of nitrogens with zero attached hydrogens (tertiary/aromatic N) is 1. The van der Waals surface area contributed by atoms with Crippen LogP contribution in [-0.4, -0.2) is 18.7 Å². The minimum atomic E-state index is -0.303. The highest BCUT2D eigenvalue weighted by Gasteiger charge is 2.01. The molecule has 0 aromatic heterocycles. The van der Waals surface area contributed by atoms with Crippen molar-refractivity contribution in [3.63, 3.8) is 0 Å². The number of amides is 1. The van der Waals surface area contributed by atoms with E-state index >= 15 is 0 Å². The molecule has 2 rings (SSSR count). The molecular formula is C16H15BrN2O2. The van der Waals surface area contributed by atoms with Crippen LogP contribution in [0, 0.1) is 6.92 Å². The topological polar surface area (TPSA) is 50.7 Å². The number of halogens is 1. The van der Waals surface area contributed by atoms with Gasteiger partial charge in [0.2, 0.25) is 0 Å². The smallest absolute Gasteiger partial charge is 0.277 e. The highest BCUT2D eigenvalue weighted by molar-refractivity contribution is 9.10. The molecule has 21 heavy (non-hydrogen) atoms. The van der Waals surface area contributed by atoms with Gasteiger partial charge in [-0.25, -0.2) is 5.43 Å². The van der Waals surface area contributed by atoms with Crippen molar-refractivity contribution >= 4 is 28.1 Å². The van der Waals surface area contributed by atoms with E-state index in [1.807, 2.05) is 43.3 Å². The molecule has 4 nitrogen and oxygen atoms in total. The van der Waals surface area contributed by atoms with Crippen molar-refractivity contribution in [2.45, 2.75) is 6.92 Å². The van der Waals surface area contributed by atoms with Crippen LogP contribution in [0.3, 0.4) is 0 Å². The Kier molecular flexibility index (Phi) is 5.51. The summed E-state index contributed by atoms with van der Waals surface area (Å²) in [5, 5.41) is 3.92.